The fourth-order valence-electron chi connectivity index (χ4n) is 3.09. The predicted molar refractivity (Wildman–Crippen MR) is 80.2 cm³/mol. The van der Waals surface area contributed by atoms with Crippen molar-refractivity contribution in [3.05, 3.63) is 24.5 Å². The van der Waals surface area contributed by atoms with Crippen LogP contribution < -0.4 is 4.74 Å². The number of pyridine rings is 1. The molecule has 0 radical (unpaired) electrons. The van der Waals surface area contributed by atoms with Gasteiger partial charge < -0.3 is 14.5 Å². The zero-order valence-electron chi connectivity index (χ0n) is 12.8. The maximum Gasteiger partial charge on any atom is 0.227 e. The molecule has 0 bridgehead atoms. The first kappa shape index (κ1) is 14.8. The van der Waals surface area contributed by atoms with Gasteiger partial charge in [0.2, 0.25) is 11.8 Å². The minimum Gasteiger partial charge on any atom is -0.489 e. The summed E-state index contributed by atoms with van der Waals surface area (Å²) in [5.74, 6) is 0.772. The Hall–Kier alpha value is -2.11. The number of carbonyl (C=O) groups is 2. The van der Waals surface area contributed by atoms with Crippen LogP contribution in [0.3, 0.4) is 0 Å². The Kier molecular flexibility index (Phi) is 4.27. The lowest BCUT2D eigenvalue weighted by Gasteiger charge is -2.33. The van der Waals surface area contributed by atoms with Crippen molar-refractivity contribution in [2.45, 2.75) is 25.4 Å². The van der Waals surface area contributed by atoms with Crippen molar-refractivity contribution >= 4 is 11.8 Å². The van der Waals surface area contributed by atoms with E-state index in [2.05, 4.69) is 4.98 Å². The molecule has 22 heavy (non-hydrogen) atoms. The van der Waals surface area contributed by atoms with Gasteiger partial charge in [-0.05, 0) is 12.1 Å². The number of piperidine rings is 1. The van der Waals surface area contributed by atoms with Crippen LogP contribution in [-0.2, 0) is 9.59 Å². The minimum atomic E-state index is -0.173. The van der Waals surface area contributed by atoms with E-state index in [0.29, 0.717) is 26.1 Å². The SMILES string of the molecule is CN1C[C@H](C(=O)N2CCC(Oc3cccnc3)CC2)CC1=O. The quantitative estimate of drug-likeness (QED) is 0.833. The van der Waals surface area contributed by atoms with Crippen molar-refractivity contribution in [1.82, 2.24) is 14.8 Å². The molecule has 0 N–H and O–H groups in total. The second kappa shape index (κ2) is 6.34. The van der Waals surface area contributed by atoms with Gasteiger partial charge in [0.1, 0.15) is 11.9 Å². The highest BCUT2D eigenvalue weighted by molar-refractivity contribution is 5.89. The first-order valence-electron chi connectivity index (χ1n) is 7.73. The van der Waals surface area contributed by atoms with Gasteiger partial charge in [-0.3, -0.25) is 14.6 Å². The van der Waals surface area contributed by atoms with Gasteiger partial charge in [-0.1, -0.05) is 0 Å². The Balaban J connectivity index is 1.49. The average Bonchev–Trinajstić information content (AvgIpc) is 2.88. The van der Waals surface area contributed by atoms with Crippen LogP contribution in [0.15, 0.2) is 24.5 Å². The number of amides is 2. The molecule has 0 aliphatic carbocycles. The molecule has 118 valence electrons. The van der Waals surface area contributed by atoms with Crippen molar-refractivity contribution in [1.29, 1.82) is 0 Å². The molecule has 3 heterocycles. The number of likely N-dealkylation sites (tertiary alicyclic amines) is 2. The summed E-state index contributed by atoms with van der Waals surface area (Å²) in [7, 11) is 1.75. The first-order valence-corrected chi connectivity index (χ1v) is 7.73. The Bertz CT molecular complexity index is 541. The third-order valence-electron chi connectivity index (χ3n) is 4.38. The van der Waals surface area contributed by atoms with E-state index in [-0.39, 0.29) is 23.8 Å². The maximum atomic E-state index is 12.5. The molecule has 2 aliphatic rings. The maximum absolute atomic E-state index is 12.5. The molecule has 2 amide bonds. The Morgan fingerprint density at radius 3 is 2.73 bits per heavy atom. The Morgan fingerprint density at radius 1 is 1.36 bits per heavy atom. The highest BCUT2D eigenvalue weighted by Gasteiger charge is 2.36. The molecule has 0 aromatic carbocycles. The first-order chi connectivity index (χ1) is 10.6. The zero-order valence-corrected chi connectivity index (χ0v) is 12.8. The van der Waals surface area contributed by atoms with E-state index in [1.807, 2.05) is 17.0 Å². The molecule has 0 unspecified atom stereocenters. The van der Waals surface area contributed by atoms with Crippen LogP contribution in [0.2, 0.25) is 0 Å². The average molecular weight is 303 g/mol. The van der Waals surface area contributed by atoms with Crippen LogP contribution in [0.5, 0.6) is 5.75 Å². The normalized spacial score (nSPS) is 23.0. The van der Waals surface area contributed by atoms with Crippen LogP contribution in [0.25, 0.3) is 0 Å². The van der Waals surface area contributed by atoms with E-state index < -0.39 is 0 Å². The predicted octanol–water partition coefficient (Wildman–Crippen LogP) is 0.930. The minimum absolute atomic E-state index is 0.0631. The van der Waals surface area contributed by atoms with Crippen molar-refractivity contribution in [3.63, 3.8) is 0 Å². The molecule has 2 aliphatic heterocycles. The van der Waals surface area contributed by atoms with Gasteiger partial charge in [0, 0.05) is 52.1 Å². The van der Waals surface area contributed by atoms with Crippen LogP contribution in [0, 0.1) is 5.92 Å². The molecular weight excluding hydrogens is 282 g/mol. The van der Waals surface area contributed by atoms with Gasteiger partial charge in [-0.15, -0.1) is 0 Å². The molecular formula is C16H21N3O3. The lowest BCUT2D eigenvalue weighted by molar-refractivity contribution is -0.137. The summed E-state index contributed by atoms with van der Waals surface area (Å²) in [5.41, 5.74) is 0. The van der Waals surface area contributed by atoms with Crippen LogP contribution in [0.4, 0.5) is 0 Å². The van der Waals surface area contributed by atoms with E-state index in [9.17, 15) is 9.59 Å². The second-order valence-corrected chi connectivity index (χ2v) is 6.01. The molecule has 0 spiro atoms. The lowest BCUT2D eigenvalue weighted by atomic mass is 10.0. The smallest absolute Gasteiger partial charge is 0.227 e. The summed E-state index contributed by atoms with van der Waals surface area (Å²) in [6.07, 6.45) is 5.53. The Morgan fingerprint density at radius 2 is 2.14 bits per heavy atom. The zero-order chi connectivity index (χ0) is 15.5. The van der Waals surface area contributed by atoms with Gasteiger partial charge in [0.05, 0.1) is 12.1 Å². The summed E-state index contributed by atoms with van der Waals surface area (Å²) in [5, 5.41) is 0. The molecule has 3 rings (SSSR count). The van der Waals surface area contributed by atoms with Gasteiger partial charge in [-0.25, -0.2) is 0 Å². The number of aromatic nitrogens is 1. The summed E-state index contributed by atoms with van der Waals surface area (Å²) < 4.78 is 5.88. The number of hydrogen-bond donors (Lipinski definition) is 0. The number of rotatable bonds is 3. The monoisotopic (exact) mass is 303 g/mol. The van der Waals surface area contributed by atoms with Crippen LogP contribution in [-0.4, -0.2) is 59.4 Å². The van der Waals surface area contributed by atoms with Crippen molar-refractivity contribution in [2.24, 2.45) is 5.92 Å². The van der Waals surface area contributed by atoms with Gasteiger partial charge in [-0.2, -0.15) is 0 Å². The lowest BCUT2D eigenvalue weighted by Crippen LogP contribution is -2.44. The molecule has 6 nitrogen and oxygen atoms in total. The number of ether oxygens (including phenoxy) is 1. The molecule has 1 atom stereocenters. The van der Waals surface area contributed by atoms with Crippen LogP contribution >= 0.6 is 0 Å². The molecule has 0 saturated carbocycles. The fraction of sp³-hybridized carbons (Fsp3) is 0.562. The van der Waals surface area contributed by atoms with Gasteiger partial charge in [0.15, 0.2) is 0 Å². The molecule has 2 saturated heterocycles. The standard InChI is InChI=1S/C16H21N3O3/c1-18-11-12(9-15(18)20)16(21)19-7-4-13(5-8-19)22-14-3-2-6-17-10-14/h2-3,6,10,12-13H,4-5,7-9,11H2,1H3/t12-/m1/s1. The topological polar surface area (TPSA) is 62.7 Å². The third-order valence-corrected chi connectivity index (χ3v) is 4.38. The summed E-state index contributed by atoms with van der Waals surface area (Å²) >= 11 is 0. The number of carbonyl (C=O) groups excluding carboxylic acids is 2. The van der Waals surface area contributed by atoms with E-state index >= 15 is 0 Å². The van der Waals surface area contributed by atoms with Crippen molar-refractivity contribution in [2.75, 3.05) is 26.7 Å². The summed E-state index contributed by atoms with van der Waals surface area (Å²) in [4.78, 5) is 31.6. The van der Waals surface area contributed by atoms with Gasteiger partial charge >= 0.3 is 0 Å². The summed E-state index contributed by atoms with van der Waals surface area (Å²) in [6.45, 7) is 1.93. The molecule has 6 heteroatoms. The van der Waals surface area contributed by atoms with E-state index in [4.69, 9.17) is 4.74 Å². The summed E-state index contributed by atoms with van der Waals surface area (Å²) in [6, 6.07) is 3.74. The number of hydrogen-bond acceptors (Lipinski definition) is 4. The Labute approximate surface area is 130 Å². The third kappa shape index (κ3) is 3.21. The van der Waals surface area contributed by atoms with Crippen molar-refractivity contribution in [3.8, 4) is 5.75 Å². The van der Waals surface area contributed by atoms with Crippen LogP contribution in [0.1, 0.15) is 19.3 Å². The highest BCUT2D eigenvalue weighted by atomic mass is 16.5. The van der Waals surface area contributed by atoms with E-state index in [1.54, 1.807) is 24.3 Å². The number of nitrogens with zero attached hydrogens (tertiary/aromatic N) is 3. The molecule has 1 aromatic rings. The van der Waals surface area contributed by atoms with Crippen molar-refractivity contribution < 1.29 is 14.3 Å². The van der Waals surface area contributed by atoms with Gasteiger partial charge in [0.25, 0.3) is 0 Å². The van der Waals surface area contributed by atoms with E-state index in [1.165, 1.54) is 0 Å². The molecule has 2 fully saturated rings. The van der Waals surface area contributed by atoms with E-state index in [0.717, 1.165) is 18.6 Å². The largest absolute Gasteiger partial charge is 0.489 e. The molecule has 1 aromatic heterocycles. The second-order valence-electron chi connectivity index (χ2n) is 6.01. The fourth-order valence-corrected chi connectivity index (χ4v) is 3.09. The highest BCUT2D eigenvalue weighted by Crippen LogP contribution is 2.23.